The lowest BCUT2D eigenvalue weighted by molar-refractivity contribution is -0.0139. The van der Waals surface area contributed by atoms with Gasteiger partial charge < -0.3 is 20.5 Å². The molecule has 0 aromatic heterocycles. The van der Waals surface area contributed by atoms with Crippen LogP contribution in [0.3, 0.4) is 0 Å². The van der Waals surface area contributed by atoms with Crippen molar-refractivity contribution in [1.82, 2.24) is 5.32 Å². The van der Waals surface area contributed by atoms with Crippen molar-refractivity contribution < 1.29 is 9.47 Å². The summed E-state index contributed by atoms with van der Waals surface area (Å²) in [5.74, 6) is 0. The van der Waals surface area contributed by atoms with Crippen molar-refractivity contribution >= 4 is 0 Å². The number of nitrogens with two attached hydrogens (primary N) is 1. The van der Waals surface area contributed by atoms with Crippen molar-refractivity contribution in [2.45, 2.75) is 31.8 Å². The molecule has 0 saturated carbocycles. The van der Waals surface area contributed by atoms with E-state index in [0.29, 0.717) is 0 Å². The number of ether oxygens (including phenoxy) is 2. The monoisotopic (exact) mass is 224 g/mol. The standard InChI is InChI=1S/C12H20N2O2/c13-6-11-4-3-10(7-14-11)8-16-12-2-1-5-15-9-12/h6,8,12,14H,1-5,7,9,13H2/b10-8+,11-6-. The third-order valence-corrected chi connectivity index (χ3v) is 3.00. The highest BCUT2D eigenvalue weighted by Crippen LogP contribution is 2.17. The van der Waals surface area contributed by atoms with E-state index in [1.807, 2.05) is 6.26 Å². The summed E-state index contributed by atoms with van der Waals surface area (Å²) in [5, 5.41) is 3.26. The number of hydrogen-bond donors (Lipinski definition) is 2. The normalized spacial score (nSPS) is 31.4. The minimum Gasteiger partial charge on any atom is -0.496 e. The highest BCUT2D eigenvalue weighted by molar-refractivity contribution is 5.13. The van der Waals surface area contributed by atoms with Gasteiger partial charge in [-0.25, -0.2) is 0 Å². The van der Waals surface area contributed by atoms with Gasteiger partial charge in [-0.3, -0.25) is 0 Å². The summed E-state index contributed by atoms with van der Waals surface area (Å²) in [6.45, 7) is 2.45. The van der Waals surface area contributed by atoms with Crippen LogP contribution in [-0.2, 0) is 9.47 Å². The minimum atomic E-state index is 0.243. The molecule has 2 rings (SSSR count). The molecule has 4 heteroatoms. The van der Waals surface area contributed by atoms with E-state index < -0.39 is 0 Å². The molecule has 0 amide bonds. The van der Waals surface area contributed by atoms with Gasteiger partial charge in [0.05, 0.1) is 12.9 Å². The smallest absolute Gasteiger partial charge is 0.121 e. The zero-order valence-electron chi connectivity index (χ0n) is 9.58. The van der Waals surface area contributed by atoms with Crippen molar-refractivity contribution in [3.63, 3.8) is 0 Å². The van der Waals surface area contributed by atoms with Crippen LogP contribution in [0.15, 0.2) is 23.7 Å². The lowest BCUT2D eigenvalue weighted by atomic mass is 10.1. The zero-order valence-corrected chi connectivity index (χ0v) is 9.58. The number of allylic oxidation sites excluding steroid dienone is 1. The number of nitrogens with one attached hydrogen (secondary N) is 1. The summed E-state index contributed by atoms with van der Waals surface area (Å²) in [6.07, 6.45) is 8.01. The second-order valence-corrected chi connectivity index (χ2v) is 4.30. The number of rotatable bonds is 2. The van der Waals surface area contributed by atoms with Gasteiger partial charge in [0.15, 0.2) is 0 Å². The van der Waals surface area contributed by atoms with E-state index in [1.165, 1.54) is 5.57 Å². The molecule has 90 valence electrons. The molecule has 0 aliphatic carbocycles. The molecule has 0 radical (unpaired) electrons. The second-order valence-electron chi connectivity index (χ2n) is 4.30. The van der Waals surface area contributed by atoms with Crippen LogP contribution in [0.5, 0.6) is 0 Å². The lowest BCUT2D eigenvalue weighted by Crippen LogP contribution is -2.26. The van der Waals surface area contributed by atoms with Crippen LogP contribution >= 0.6 is 0 Å². The van der Waals surface area contributed by atoms with Crippen LogP contribution in [-0.4, -0.2) is 25.9 Å². The molecular weight excluding hydrogens is 204 g/mol. The third-order valence-electron chi connectivity index (χ3n) is 3.00. The average Bonchev–Trinajstić information content (AvgIpc) is 2.38. The van der Waals surface area contributed by atoms with Crippen molar-refractivity contribution in [1.29, 1.82) is 0 Å². The van der Waals surface area contributed by atoms with Crippen LogP contribution in [0, 0.1) is 0 Å². The quantitative estimate of drug-likeness (QED) is 0.693. The van der Waals surface area contributed by atoms with Crippen LogP contribution < -0.4 is 11.1 Å². The fourth-order valence-corrected chi connectivity index (χ4v) is 1.95. The summed E-state index contributed by atoms with van der Waals surface area (Å²) in [5.41, 5.74) is 7.87. The third kappa shape index (κ3) is 3.17. The summed E-state index contributed by atoms with van der Waals surface area (Å²) in [6, 6.07) is 0. The molecule has 0 aromatic carbocycles. The van der Waals surface area contributed by atoms with E-state index in [1.54, 1.807) is 6.20 Å². The maximum Gasteiger partial charge on any atom is 0.121 e. The van der Waals surface area contributed by atoms with Gasteiger partial charge >= 0.3 is 0 Å². The van der Waals surface area contributed by atoms with Crippen LogP contribution in [0.4, 0.5) is 0 Å². The molecule has 4 nitrogen and oxygen atoms in total. The van der Waals surface area contributed by atoms with E-state index in [0.717, 1.165) is 51.1 Å². The van der Waals surface area contributed by atoms with Gasteiger partial charge in [-0.15, -0.1) is 0 Å². The summed E-state index contributed by atoms with van der Waals surface area (Å²) >= 11 is 0. The topological polar surface area (TPSA) is 56.5 Å². The SMILES string of the molecule is N/C=C1/CC/C(=C\OC2CCCOC2)CN1. The fraction of sp³-hybridized carbons (Fsp3) is 0.667. The zero-order chi connectivity index (χ0) is 11.2. The van der Waals surface area contributed by atoms with Crippen molar-refractivity contribution in [2.24, 2.45) is 5.73 Å². The maximum absolute atomic E-state index is 5.71. The molecule has 1 atom stereocenters. The minimum absolute atomic E-state index is 0.243. The first-order valence-corrected chi connectivity index (χ1v) is 5.94. The van der Waals surface area contributed by atoms with E-state index in [4.69, 9.17) is 15.2 Å². The molecule has 2 aliphatic heterocycles. The highest BCUT2D eigenvalue weighted by Gasteiger charge is 2.14. The van der Waals surface area contributed by atoms with Crippen molar-refractivity contribution in [2.75, 3.05) is 19.8 Å². The Balaban J connectivity index is 1.75. The first kappa shape index (κ1) is 11.3. The largest absolute Gasteiger partial charge is 0.496 e. The van der Waals surface area contributed by atoms with Gasteiger partial charge in [0.2, 0.25) is 0 Å². The second kappa shape index (κ2) is 5.80. The molecule has 16 heavy (non-hydrogen) atoms. The van der Waals surface area contributed by atoms with E-state index >= 15 is 0 Å². The lowest BCUT2D eigenvalue weighted by Gasteiger charge is -2.23. The van der Waals surface area contributed by atoms with Gasteiger partial charge in [-0.1, -0.05) is 0 Å². The van der Waals surface area contributed by atoms with Gasteiger partial charge in [0.1, 0.15) is 6.10 Å². The van der Waals surface area contributed by atoms with E-state index in [-0.39, 0.29) is 6.10 Å². The van der Waals surface area contributed by atoms with E-state index in [2.05, 4.69) is 5.32 Å². The van der Waals surface area contributed by atoms with Crippen LogP contribution in [0.2, 0.25) is 0 Å². The van der Waals surface area contributed by atoms with E-state index in [9.17, 15) is 0 Å². The molecule has 1 unspecified atom stereocenters. The van der Waals surface area contributed by atoms with Crippen LogP contribution in [0.25, 0.3) is 0 Å². The molecule has 2 saturated heterocycles. The Hall–Kier alpha value is -1.16. The summed E-state index contributed by atoms with van der Waals surface area (Å²) < 4.78 is 11.1. The predicted molar refractivity (Wildman–Crippen MR) is 62.5 cm³/mol. The molecule has 2 heterocycles. The van der Waals surface area contributed by atoms with Gasteiger partial charge in [0, 0.05) is 25.0 Å². The van der Waals surface area contributed by atoms with Crippen LogP contribution in [0.1, 0.15) is 25.7 Å². The first-order valence-electron chi connectivity index (χ1n) is 5.94. The summed E-state index contributed by atoms with van der Waals surface area (Å²) in [7, 11) is 0. The predicted octanol–water partition coefficient (Wildman–Crippen LogP) is 1.25. The molecule has 2 aliphatic rings. The average molecular weight is 224 g/mol. The maximum atomic E-state index is 5.71. The Labute approximate surface area is 96.5 Å². The number of piperidine rings is 1. The molecule has 2 fully saturated rings. The molecule has 0 bridgehead atoms. The first-order chi connectivity index (χ1) is 7.88. The Kier molecular flexibility index (Phi) is 4.10. The Morgan fingerprint density at radius 3 is 3.00 bits per heavy atom. The van der Waals surface area contributed by atoms with Crippen molar-refractivity contribution in [3.8, 4) is 0 Å². The summed E-state index contributed by atoms with van der Waals surface area (Å²) in [4.78, 5) is 0. The van der Waals surface area contributed by atoms with Gasteiger partial charge in [-0.05, 0) is 31.3 Å². The van der Waals surface area contributed by atoms with Gasteiger partial charge in [-0.2, -0.15) is 0 Å². The Bertz CT molecular complexity index is 269. The molecule has 3 N–H and O–H groups in total. The molecule has 0 aromatic rings. The Morgan fingerprint density at radius 1 is 1.44 bits per heavy atom. The highest BCUT2D eigenvalue weighted by atomic mass is 16.5. The van der Waals surface area contributed by atoms with Crippen molar-refractivity contribution in [3.05, 3.63) is 23.7 Å². The number of hydrogen-bond acceptors (Lipinski definition) is 4. The fourth-order valence-electron chi connectivity index (χ4n) is 1.95. The molecule has 0 spiro atoms. The molecular formula is C12H20N2O2. The van der Waals surface area contributed by atoms with Gasteiger partial charge in [0.25, 0.3) is 0 Å². The Morgan fingerprint density at radius 2 is 2.38 bits per heavy atom.